The molecule has 1 N–H and O–H groups in total. The van der Waals surface area contributed by atoms with E-state index in [0.29, 0.717) is 17.7 Å². The van der Waals surface area contributed by atoms with Crippen molar-refractivity contribution in [3.8, 4) is 5.75 Å². The van der Waals surface area contributed by atoms with Crippen molar-refractivity contribution in [2.75, 3.05) is 25.5 Å². The Labute approximate surface area is 175 Å². The minimum atomic E-state index is -0.206. The highest BCUT2D eigenvalue weighted by Gasteiger charge is 2.39. The molecule has 1 fully saturated rings. The first-order valence-corrected chi connectivity index (χ1v) is 10.3. The second-order valence-electron chi connectivity index (χ2n) is 8.10. The molecule has 0 saturated carbocycles. The zero-order chi connectivity index (χ0) is 20.5. The van der Waals surface area contributed by atoms with Crippen LogP contribution in [0.3, 0.4) is 0 Å². The molecule has 2 aliphatic heterocycles. The number of ether oxygens (including phenoxy) is 1. The van der Waals surface area contributed by atoms with Crippen LogP contribution in [-0.4, -0.2) is 45.8 Å². The van der Waals surface area contributed by atoms with Gasteiger partial charge in [0, 0.05) is 43.9 Å². The van der Waals surface area contributed by atoms with Crippen molar-refractivity contribution < 1.29 is 9.53 Å². The molecule has 0 bridgehead atoms. The highest BCUT2D eigenvalue weighted by atomic mass is 16.5. The Morgan fingerprint density at radius 3 is 2.63 bits per heavy atom. The molecule has 3 aromatic rings. The molecule has 2 atom stereocenters. The number of para-hydroxylation sites is 2. The number of carbonyl (C=O) groups is 1. The van der Waals surface area contributed by atoms with Crippen molar-refractivity contribution in [2.24, 2.45) is 11.8 Å². The van der Waals surface area contributed by atoms with E-state index in [1.165, 1.54) is 5.56 Å². The molecule has 1 saturated heterocycles. The van der Waals surface area contributed by atoms with E-state index < -0.39 is 0 Å². The van der Waals surface area contributed by atoms with Crippen molar-refractivity contribution in [3.05, 3.63) is 71.8 Å². The number of likely N-dealkylation sites (tertiary alicyclic amines) is 1. The van der Waals surface area contributed by atoms with Crippen LogP contribution in [0, 0.1) is 11.8 Å². The lowest BCUT2D eigenvalue weighted by atomic mass is 9.89. The Hall–Kier alpha value is -3.19. The summed E-state index contributed by atoms with van der Waals surface area (Å²) in [5, 5.41) is 11.5. The summed E-state index contributed by atoms with van der Waals surface area (Å²) in [6.07, 6.45) is 0.860. The topological polar surface area (TPSA) is 72.3 Å². The van der Waals surface area contributed by atoms with Gasteiger partial charge in [-0.1, -0.05) is 36.4 Å². The third-order valence-corrected chi connectivity index (χ3v) is 6.16. The summed E-state index contributed by atoms with van der Waals surface area (Å²) in [5.74, 6) is 3.07. The number of hydrogen-bond acceptors (Lipinski definition) is 5. The van der Waals surface area contributed by atoms with Crippen LogP contribution in [0.5, 0.6) is 5.75 Å². The van der Waals surface area contributed by atoms with Gasteiger partial charge < -0.3 is 14.6 Å². The number of hydrogen-bond donors (Lipinski definition) is 1. The molecule has 2 aromatic carbocycles. The molecule has 0 aliphatic carbocycles. The van der Waals surface area contributed by atoms with Gasteiger partial charge in [-0.3, -0.25) is 9.69 Å². The van der Waals surface area contributed by atoms with Crippen LogP contribution in [0.1, 0.15) is 22.0 Å². The first-order chi connectivity index (χ1) is 14.7. The number of carbonyl (C=O) groups excluding carboxylic acids is 1. The zero-order valence-electron chi connectivity index (χ0n) is 17.0. The molecule has 5 rings (SSSR count). The Kier molecular flexibility index (Phi) is 4.96. The number of nitrogens with one attached hydrogen (secondary N) is 1. The first-order valence-electron chi connectivity index (χ1n) is 10.3. The van der Waals surface area contributed by atoms with Crippen LogP contribution in [-0.2, 0) is 19.5 Å². The van der Waals surface area contributed by atoms with Crippen LogP contribution >= 0.6 is 0 Å². The van der Waals surface area contributed by atoms with E-state index in [4.69, 9.17) is 4.74 Å². The monoisotopic (exact) mass is 403 g/mol. The summed E-state index contributed by atoms with van der Waals surface area (Å²) in [6, 6.07) is 17.6. The third-order valence-electron chi connectivity index (χ3n) is 6.16. The third kappa shape index (κ3) is 3.57. The van der Waals surface area contributed by atoms with E-state index in [1.54, 1.807) is 7.11 Å². The number of fused-ring (bicyclic) bond motifs is 2. The fourth-order valence-corrected chi connectivity index (χ4v) is 4.70. The standard InChI is InChI=1S/C23H25N5O2/c1-30-20-10-6-5-7-16(20)12-27-13-17-11-21-25-26-22(28(21)15-18(17)14-27)23(29)24-19-8-3-2-4-9-19/h2-10,17-18H,11-15H2,1H3,(H,24,29)/t17-,18-/m1/s1. The Bertz CT molecular complexity index is 1050. The van der Waals surface area contributed by atoms with Crippen molar-refractivity contribution in [1.29, 1.82) is 0 Å². The molecule has 0 radical (unpaired) electrons. The quantitative estimate of drug-likeness (QED) is 0.709. The number of aromatic nitrogens is 3. The number of methoxy groups -OCH3 is 1. The highest BCUT2D eigenvalue weighted by molar-refractivity contribution is 6.01. The smallest absolute Gasteiger partial charge is 0.293 e. The molecule has 7 heteroatoms. The second kappa shape index (κ2) is 7.91. The Balaban J connectivity index is 1.28. The molecule has 0 spiro atoms. The maximum Gasteiger partial charge on any atom is 0.293 e. The summed E-state index contributed by atoms with van der Waals surface area (Å²) in [4.78, 5) is 15.2. The van der Waals surface area contributed by atoms with E-state index in [-0.39, 0.29) is 5.91 Å². The lowest BCUT2D eigenvalue weighted by Gasteiger charge is -2.25. The normalized spacial score (nSPS) is 20.4. The minimum absolute atomic E-state index is 0.206. The molecule has 1 amide bonds. The van der Waals surface area contributed by atoms with Crippen molar-refractivity contribution in [1.82, 2.24) is 19.7 Å². The predicted molar refractivity (Wildman–Crippen MR) is 113 cm³/mol. The predicted octanol–water partition coefficient (Wildman–Crippen LogP) is 2.84. The summed E-state index contributed by atoms with van der Waals surface area (Å²) in [6.45, 7) is 3.69. The zero-order valence-corrected chi connectivity index (χ0v) is 17.0. The SMILES string of the molecule is COc1ccccc1CN1C[C@H]2Cc3nnc(C(=O)Nc4ccccc4)n3C[C@H]2C1. The number of anilines is 1. The summed E-state index contributed by atoms with van der Waals surface area (Å²) in [5.41, 5.74) is 1.97. The Morgan fingerprint density at radius 1 is 1.03 bits per heavy atom. The second-order valence-corrected chi connectivity index (χ2v) is 8.10. The number of rotatable bonds is 5. The van der Waals surface area contributed by atoms with Crippen LogP contribution in [0.15, 0.2) is 54.6 Å². The summed E-state index contributed by atoms with van der Waals surface area (Å²) in [7, 11) is 1.72. The first kappa shape index (κ1) is 18.8. The molecule has 30 heavy (non-hydrogen) atoms. The van der Waals surface area contributed by atoms with E-state index in [0.717, 1.165) is 49.9 Å². The van der Waals surface area contributed by atoms with Crippen LogP contribution in [0.25, 0.3) is 0 Å². The molecule has 7 nitrogen and oxygen atoms in total. The van der Waals surface area contributed by atoms with E-state index in [2.05, 4.69) is 32.5 Å². The fraction of sp³-hybridized carbons (Fsp3) is 0.348. The van der Waals surface area contributed by atoms with E-state index >= 15 is 0 Å². The number of benzene rings is 2. The van der Waals surface area contributed by atoms with Gasteiger partial charge in [0.05, 0.1) is 7.11 Å². The average molecular weight is 403 g/mol. The number of amides is 1. The summed E-state index contributed by atoms with van der Waals surface area (Å²) >= 11 is 0. The average Bonchev–Trinajstić information content (AvgIpc) is 3.35. The highest BCUT2D eigenvalue weighted by Crippen LogP contribution is 2.34. The van der Waals surface area contributed by atoms with Crippen molar-refractivity contribution >= 4 is 11.6 Å². The molecule has 3 heterocycles. The molecular formula is C23H25N5O2. The van der Waals surface area contributed by atoms with Gasteiger partial charge in [-0.15, -0.1) is 10.2 Å². The molecular weight excluding hydrogens is 378 g/mol. The van der Waals surface area contributed by atoms with Gasteiger partial charge in [0.15, 0.2) is 0 Å². The van der Waals surface area contributed by atoms with Gasteiger partial charge in [-0.05, 0) is 30.0 Å². The largest absolute Gasteiger partial charge is 0.496 e. The Morgan fingerprint density at radius 2 is 1.80 bits per heavy atom. The van der Waals surface area contributed by atoms with Crippen molar-refractivity contribution in [3.63, 3.8) is 0 Å². The van der Waals surface area contributed by atoms with Gasteiger partial charge in [0.1, 0.15) is 11.6 Å². The number of nitrogens with zero attached hydrogens (tertiary/aromatic N) is 4. The van der Waals surface area contributed by atoms with Crippen LogP contribution in [0.2, 0.25) is 0 Å². The maximum atomic E-state index is 12.8. The van der Waals surface area contributed by atoms with Gasteiger partial charge in [-0.2, -0.15) is 0 Å². The molecule has 1 aromatic heterocycles. The van der Waals surface area contributed by atoms with Crippen LogP contribution in [0.4, 0.5) is 5.69 Å². The maximum absolute atomic E-state index is 12.8. The van der Waals surface area contributed by atoms with E-state index in [9.17, 15) is 4.79 Å². The minimum Gasteiger partial charge on any atom is -0.496 e. The van der Waals surface area contributed by atoms with Gasteiger partial charge in [0.2, 0.25) is 5.82 Å². The van der Waals surface area contributed by atoms with Gasteiger partial charge in [0.25, 0.3) is 5.91 Å². The molecule has 0 unspecified atom stereocenters. The fourth-order valence-electron chi connectivity index (χ4n) is 4.70. The van der Waals surface area contributed by atoms with Crippen LogP contribution < -0.4 is 10.1 Å². The van der Waals surface area contributed by atoms with Gasteiger partial charge >= 0.3 is 0 Å². The van der Waals surface area contributed by atoms with E-state index in [1.807, 2.05) is 47.0 Å². The molecule has 154 valence electrons. The summed E-state index contributed by atoms with van der Waals surface area (Å²) < 4.78 is 7.52. The molecule has 2 aliphatic rings. The van der Waals surface area contributed by atoms with Gasteiger partial charge in [-0.25, -0.2) is 0 Å². The van der Waals surface area contributed by atoms with Crippen molar-refractivity contribution in [2.45, 2.75) is 19.5 Å². The lowest BCUT2D eigenvalue weighted by Crippen LogP contribution is -2.31. The lowest BCUT2D eigenvalue weighted by molar-refractivity contribution is 0.100.